The van der Waals surface area contributed by atoms with Gasteiger partial charge in [0.1, 0.15) is 0 Å². The fraction of sp³-hybridized carbons (Fsp3) is 0.308. The Morgan fingerprint density at radius 1 is 1.00 bits per heavy atom. The molecule has 182 valence electrons. The van der Waals surface area contributed by atoms with Crippen LogP contribution in [0.5, 0.6) is 23.1 Å². The summed E-state index contributed by atoms with van der Waals surface area (Å²) in [6, 6.07) is 17.8. The van der Waals surface area contributed by atoms with E-state index in [1.54, 1.807) is 27.5 Å². The maximum Gasteiger partial charge on any atom is 0.219 e. The molecule has 3 rings (SSSR count). The van der Waals surface area contributed by atoms with Crippen LogP contribution in [0.3, 0.4) is 0 Å². The van der Waals surface area contributed by atoms with Crippen molar-refractivity contribution in [3.05, 3.63) is 77.5 Å². The lowest BCUT2D eigenvalue weighted by Gasteiger charge is -2.17. The lowest BCUT2D eigenvalue weighted by molar-refractivity contribution is 0.342. The second-order valence-corrected chi connectivity index (χ2v) is 7.72. The average Bonchev–Trinajstić information content (AvgIpc) is 2.85. The molecule has 0 fully saturated rings. The standard InChI is InChI=1S/C26H32N4O3.HI/c1-18-8-6-9-21(14-18)19(2)15-29-26(27-3)30-17-20-12-13-24(28-16-20)33-25-22(31-4)10-7-11-23(25)32-5;/h6-14,16,19H,15,17H2,1-5H3,(H2,27,29,30);1H. The molecule has 1 unspecified atom stereocenters. The highest BCUT2D eigenvalue weighted by atomic mass is 127. The molecule has 1 heterocycles. The van der Waals surface area contributed by atoms with Gasteiger partial charge in [-0.05, 0) is 36.1 Å². The first kappa shape index (κ1) is 27.2. The fourth-order valence-corrected chi connectivity index (χ4v) is 3.35. The van der Waals surface area contributed by atoms with Gasteiger partial charge in [0.25, 0.3) is 0 Å². The average molecular weight is 576 g/mol. The number of nitrogens with one attached hydrogen (secondary N) is 2. The number of guanidine groups is 1. The van der Waals surface area contributed by atoms with Crippen LogP contribution < -0.4 is 24.8 Å². The molecule has 0 aliphatic heterocycles. The van der Waals surface area contributed by atoms with Crippen LogP contribution in [-0.4, -0.2) is 38.8 Å². The summed E-state index contributed by atoms with van der Waals surface area (Å²) in [6.45, 7) is 5.69. The van der Waals surface area contributed by atoms with Gasteiger partial charge in [-0.3, -0.25) is 4.99 Å². The molecule has 2 aromatic carbocycles. The molecule has 0 radical (unpaired) electrons. The summed E-state index contributed by atoms with van der Waals surface area (Å²) in [7, 11) is 4.95. The fourth-order valence-electron chi connectivity index (χ4n) is 3.35. The first-order valence-corrected chi connectivity index (χ1v) is 10.9. The van der Waals surface area contributed by atoms with E-state index in [0.29, 0.717) is 35.6 Å². The van der Waals surface area contributed by atoms with Gasteiger partial charge in [-0.15, -0.1) is 24.0 Å². The van der Waals surface area contributed by atoms with Crippen LogP contribution in [0, 0.1) is 6.92 Å². The van der Waals surface area contributed by atoms with Gasteiger partial charge in [-0.1, -0.05) is 48.9 Å². The van der Waals surface area contributed by atoms with Crippen molar-refractivity contribution < 1.29 is 14.2 Å². The van der Waals surface area contributed by atoms with Crippen LogP contribution in [-0.2, 0) is 6.54 Å². The number of ether oxygens (including phenoxy) is 3. The van der Waals surface area contributed by atoms with Gasteiger partial charge in [0.05, 0.1) is 14.2 Å². The predicted octanol–water partition coefficient (Wildman–Crippen LogP) is 5.29. The van der Waals surface area contributed by atoms with Crippen LogP contribution >= 0.6 is 24.0 Å². The highest BCUT2D eigenvalue weighted by Crippen LogP contribution is 2.39. The van der Waals surface area contributed by atoms with E-state index in [9.17, 15) is 0 Å². The molecule has 1 atom stereocenters. The summed E-state index contributed by atoms with van der Waals surface area (Å²) in [5.74, 6) is 3.22. The van der Waals surface area contributed by atoms with E-state index in [1.165, 1.54) is 11.1 Å². The number of aryl methyl sites for hydroxylation is 1. The summed E-state index contributed by atoms with van der Waals surface area (Å²) in [6.07, 6.45) is 1.77. The van der Waals surface area contributed by atoms with Crippen LogP contribution in [0.25, 0.3) is 0 Å². The van der Waals surface area contributed by atoms with E-state index in [2.05, 4.69) is 58.7 Å². The van der Waals surface area contributed by atoms with Crippen LogP contribution in [0.1, 0.15) is 29.5 Å². The second-order valence-electron chi connectivity index (χ2n) is 7.72. The van der Waals surface area contributed by atoms with Crippen molar-refractivity contribution in [2.75, 3.05) is 27.8 Å². The monoisotopic (exact) mass is 576 g/mol. The minimum atomic E-state index is 0. The second kappa shape index (κ2) is 13.6. The third kappa shape index (κ3) is 7.51. The molecular formula is C26H33IN4O3. The van der Waals surface area contributed by atoms with Crippen molar-refractivity contribution in [3.8, 4) is 23.1 Å². The Balaban J connectivity index is 0.00000408. The zero-order valence-electron chi connectivity index (χ0n) is 20.3. The third-order valence-corrected chi connectivity index (χ3v) is 5.26. The van der Waals surface area contributed by atoms with E-state index in [1.807, 2.05) is 30.3 Å². The number of pyridine rings is 1. The predicted molar refractivity (Wildman–Crippen MR) is 147 cm³/mol. The number of aromatic nitrogens is 1. The van der Waals surface area contributed by atoms with Gasteiger partial charge in [-0.25, -0.2) is 4.98 Å². The summed E-state index contributed by atoms with van der Waals surface area (Å²) in [5.41, 5.74) is 3.58. The number of halogens is 1. The Kier molecular flexibility index (Phi) is 10.9. The lowest BCUT2D eigenvalue weighted by atomic mass is 9.99. The Labute approximate surface area is 219 Å². The van der Waals surface area contributed by atoms with E-state index in [4.69, 9.17) is 14.2 Å². The van der Waals surface area contributed by atoms with Crippen molar-refractivity contribution in [1.29, 1.82) is 0 Å². The molecule has 0 spiro atoms. The highest BCUT2D eigenvalue weighted by Gasteiger charge is 2.13. The Morgan fingerprint density at radius 3 is 2.29 bits per heavy atom. The van der Waals surface area contributed by atoms with Gasteiger partial charge >= 0.3 is 0 Å². The zero-order valence-corrected chi connectivity index (χ0v) is 22.6. The molecule has 0 aliphatic rings. The summed E-state index contributed by atoms with van der Waals surface area (Å²) < 4.78 is 16.7. The molecule has 1 aromatic heterocycles. The maximum absolute atomic E-state index is 5.92. The minimum Gasteiger partial charge on any atom is -0.493 e. The number of para-hydroxylation sites is 1. The van der Waals surface area contributed by atoms with Gasteiger partial charge in [-0.2, -0.15) is 0 Å². The molecule has 0 saturated carbocycles. The van der Waals surface area contributed by atoms with Gasteiger partial charge in [0, 0.05) is 32.4 Å². The van der Waals surface area contributed by atoms with Crippen LogP contribution in [0.15, 0.2) is 65.8 Å². The highest BCUT2D eigenvalue weighted by molar-refractivity contribution is 14.0. The Morgan fingerprint density at radius 2 is 1.71 bits per heavy atom. The molecular weight excluding hydrogens is 543 g/mol. The van der Waals surface area contributed by atoms with Crippen molar-refractivity contribution in [1.82, 2.24) is 15.6 Å². The number of nitrogens with zero attached hydrogens (tertiary/aromatic N) is 2. The summed E-state index contributed by atoms with van der Waals surface area (Å²) >= 11 is 0. The summed E-state index contributed by atoms with van der Waals surface area (Å²) in [4.78, 5) is 8.74. The molecule has 0 bridgehead atoms. The van der Waals surface area contributed by atoms with Crippen molar-refractivity contribution in [2.24, 2.45) is 4.99 Å². The smallest absolute Gasteiger partial charge is 0.219 e. The number of hydrogen-bond acceptors (Lipinski definition) is 5. The third-order valence-electron chi connectivity index (χ3n) is 5.26. The topological polar surface area (TPSA) is 77.0 Å². The van der Waals surface area contributed by atoms with Gasteiger partial charge < -0.3 is 24.8 Å². The van der Waals surface area contributed by atoms with Gasteiger partial charge in [0.2, 0.25) is 11.6 Å². The van der Waals surface area contributed by atoms with Gasteiger partial charge in [0.15, 0.2) is 17.5 Å². The quantitative estimate of drug-likeness (QED) is 0.205. The number of aliphatic imine (C=N–C) groups is 1. The SMILES string of the molecule is CN=C(NCc1ccc(Oc2c(OC)cccc2OC)nc1)NCC(C)c1cccc(C)c1.I. The van der Waals surface area contributed by atoms with E-state index < -0.39 is 0 Å². The number of hydrogen-bond donors (Lipinski definition) is 2. The molecule has 2 N–H and O–H groups in total. The number of rotatable bonds is 9. The number of methoxy groups -OCH3 is 2. The molecule has 8 heteroatoms. The molecule has 7 nitrogen and oxygen atoms in total. The molecule has 0 amide bonds. The van der Waals surface area contributed by atoms with E-state index >= 15 is 0 Å². The van der Waals surface area contributed by atoms with E-state index in [0.717, 1.165) is 18.1 Å². The maximum atomic E-state index is 5.92. The minimum absolute atomic E-state index is 0. The molecule has 3 aromatic rings. The van der Waals surface area contributed by atoms with Crippen LogP contribution in [0.4, 0.5) is 0 Å². The lowest BCUT2D eigenvalue weighted by Crippen LogP contribution is -2.38. The normalized spacial score (nSPS) is 11.7. The van der Waals surface area contributed by atoms with Crippen molar-refractivity contribution in [3.63, 3.8) is 0 Å². The Hall–Kier alpha value is -3.01. The molecule has 0 aliphatic carbocycles. The largest absolute Gasteiger partial charge is 0.493 e. The van der Waals surface area contributed by atoms with Crippen LogP contribution in [0.2, 0.25) is 0 Å². The van der Waals surface area contributed by atoms with Crippen molar-refractivity contribution >= 4 is 29.9 Å². The van der Waals surface area contributed by atoms with Crippen molar-refractivity contribution in [2.45, 2.75) is 26.3 Å². The first-order valence-electron chi connectivity index (χ1n) is 10.9. The molecule has 34 heavy (non-hydrogen) atoms. The number of benzene rings is 2. The first-order chi connectivity index (χ1) is 16.0. The molecule has 0 saturated heterocycles. The van der Waals surface area contributed by atoms with E-state index in [-0.39, 0.29) is 24.0 Å². The zero-order chi connectivity index (χ0) is 23.6. The summed E-state index contributed by atoms with van der Waals surface area (Å²) in [5, 5.41) is 6.72. The Bertz CT molecular complexity index is 1050.